The van der Waals surface area contributed by atoms with Gasteiger partial charge in [-0.2, -0.15) is 0 Å². The summed E-state index contributed by atoms with van der Waals surface area (Å²) < 4.78 is 0. The first-order valence-corrected chi connectivity index (χ1v) is 6.16. The Bertz CT molecular complexity index is 417. The van der Waals surface area contributed by atoms with Crippen LogP contribution in [0.15, 0.2) is 12.5 Å². The van der Waals surface area contributed by atoms with E-state index in [1.54, 1.807) is 6.20 Å². The maximum Gasteiger partial charge on any atom is 0.326 e. The van der Waals surface area contributed by atoms with Crippen LogP contribution in [0.5, 0.6) is 0 Å². The number of nitrogens with two attached hydrogens (primary N) is 1. The molecule has 1 rings (SSSR count). The van der Waals surface area contributed by atoms with Crippen LogP contribution in [-0.4, -0.2) is 39.0 Å². The van der Waals surface area contributed by atoms with Gasteiger partial charge >= 0.3 is 5.97 Å². The number of carboxylic acids is 1. The van der Waals surface area contributed by atoms with E-state index in [0.29, 0.717) is 12.8 Å². The quantitative estimate of drug-likeness (QED) is 0.550. The van der Waals surface area contributed by atoms with Crippen LogP contribution in [0, 0.1) is 5.92 Å². The van der Waals surface area contributed by atoms with E-state index in [1.165, 1.54) is 6.33 Å². The molecule has 0 aliphatic rings. The lowest BCUT2D eigenvalue weighted by Gasteiger charge is -2.19. The summed E-state index contributed by atoms with van der Waals surface area (Å²) in [6.45, 7) is 3.79. The third-order valence-electron chi connectivity index (χ3n) is 2.65. The minimum atomic E-state index is -1.05. The second kappa shape index (κ2) is 6.89. The van der Waals surface area contributed by atoms with Crippen LogP contribution in [-0.2, 0) is 16.0 Å². The van der Waals surface area contributed by atoms with Crippen molar-refractivity contribution in [3.05, 3.63) is 18.2 Å². The Morgan fingerprint density at radius 2 is 2.21 bits per heavy atom. The van der Waals surface area contributed by atoms with Crippen molar-refractivity contribution in [2.45, 2.75) is 38.8 Å². The molecule has 0 spiro atoms. The molecule has 0 unspecified atom stereocenters. The summed E-state index contributed by atoms with van der Waals surface area (Å²) in [5.74, 6) is -1.34. The number of carboxylic acid groups (broad SMARTS) is 1. The van der Waals surface area contributed by atoms with E-state index in [-0.39, 0.29) is 5.92 Å². The highest BCUT2D eigenvalue weighted by Gasteiger charge is 2.24. The van der Waals surface area contributed by atoms with Gasteiger partial charge in [0.05, 0.1) is 12.4 Å². The van der Waals surface area contributed by atoms with E-state index in [4.69, 9.17) is 10.8 Å². The molecule has 7 nitrogen and oxygen atoms in total. The molecular weight excluding hydrogens is 248 g/mol. The zero-order chi connectivity index (χ0) is 14.4. The predicted molar refractivity (Wildman–Crippen MR) is 69.3 cm³/mol. The Labute approximate surface area is 111 Å². The number of imidazole rings is 1. The molecule has 0 saturated heterocycles. The first-order chi connectivity index (χ1) is 8.90. The van der Waals surface area contributed by atoms with E-state index in [2.05, 4.69) is 15.3 Å². The standard InChI is InChI=1S/C12H20N4O3/c1-7(2)3-10(12(18)19)16-11(17)9(13)4-8-5-14-6-15-8/h5-7,9-10H,3-4,13H2,1-2H3,(H,14,15)(H,16,17)(H,18,19)/t9-,10-/m1/s1. The van der Waals surface area contributed by atoms with Crippen LogP contribution < -0.4 is 11.1 Å². The van der Waals surface area contributed by atoms with Crippen molar-refractivity contribution in [2.75, 3.05) is 0 Å². The predicted octanol–water partition coefficient (Wildman–Crippen LogP) is -0.105. The second-order valence-electron chi connectivity index (χ2n) is 4.92. The fraction of sp³-hybridized carbons (Fsp3) is 0.583. The molecule has 7 heteroatoms. The van der Waals surface area contributed by atoms with E-state index < -0.39 is 24.0 Å². The zero-order valence-corrected chi connectivity index (χ0v) is 11.1. The third-order valence-corrected chi connectivity index (χ3v) is 2.65. The Morgan fingerprint density at radius 3 is 2.68 bits per heavy atom. The van der Waals surface area contributed by atoms with Gasteiger partial charge in [0.1, 0.15) is 6.04 Å². The normalized spacial score (nSPS) is 14.1. The monoisotopic (exact) mass is 268 g/mol. The average Bonchev–Trinajstić information content (AvgIpc) is 2.79. The molecule has 1 heterocycles. The van der Waals surface area contributed by atoms with Crippen molar-refractivity contribution in [3.8, 4) is 0 Å². The van der Waals surface area contributed by atoms with Crippen molar-refractivity contribution in [3.63, 3.8) is 0 Å². The first-order valence-electron chi connectivity index (χ1n) is 6.16. The fourth-order valence-corrected chi connectivity index (χ4v) is 1.70. The molecule has 0 radical (unpaired) electrons. The molecular formula is C12H20N4O3. The molecule has 106 valence electrons. The number of nitrogens with one attached hydrogen (secondary N) is 2. The van der Waals surface area contributed by atoms with Gasteiger partial charge in [0.15, 0.2) is 0 Å². The van der Waals surface area contributed by atoms with E-state index in [0.717, 1.165) is 5.69 Å². The molecule has 19 heavy (non-hydrogen) atoms. The van der Waals surface area contributed by atoms with E-state index in [9.17, 15) is 9.59 Å². The molecule has 1 aromatic rings. The van der Waals surface area contributed by atoms with Crippen molar-refractivity contribution in [1.29, 1.82) is 0 Å². The minimum Gasteiger partial charge on any atom is -0.480 e. The average molecular weight is 268 g/mol. The van der Waals surface area contributed by atoms with Crippen molar-refractivity contribution >= 4 is 11.9 Å². The van der Waals surface area contributed by atoms with Crippen LogP contribution >= 0.6 is 0 Å². The number of aliphatic carboxylic acids is 1. The number of rotatable bonds is 7. The summed E-state index contributed by atoms with van der Waals surface area (Å²) in [5, 5.41) is 11.5. The Morgan fingerprint density at radius 1 is 1.53 bits per heavy atom. The number of aromatic nitrogens is 2. The van der Waals surface area contributed by atoms with Crippen molar-refractivity contribution < 1.29 is 14.7 Å². The largest absolute Gasteiger partial charge is 0.480 e. The molecule has 0 bridgehead atoms. The summed E-state index contributed by atoms with van der Waals surface area (Å²) in [7, 11) is 0. The van der Waals surface area contributed by atoms with Gasteiger partial charge in [0.25, 0.3) is 0 Å². The summed E-state index contributed by atoms with van der Waals surface area (Å²) in [6, 6.07) is -1.70. The van der Waals surface area contributed by atoms with Crippen LogP contribution in [0.3, 0.4) is 0 Å². The third kappa shape index (κ3) is 5.09. The smallest absolute Gasteiger partial charge is 0.326 e. The summed E-state index contributed by atoms with van der Waals surface area (Å²) >= 11 is 0. The topological polar surface area (TPSA) is 121 Å². The lowest BCUT2D eigenvalue weighted by Crippen LogP contribution is -2.49. The highest BCUT2D eigenvalue weighted by Crippen LogP contribution is 2.05. The SMILES string of the molecule is CC(C)C[C@@H](NC(=O)[C@H](N)Cc1cnc[nH]1)C(=O)O. The van der Waals surface area contributed by atoms with Gasteiger partial charge in [-0.25, -0.2) is 9.78 Å². The van der Waals surface area contributed by atoms with Crippen molar-refractivity contribution in [1.82, 2.24) is 15.3 Å². The Balaban J connectivity index is 2.53. The zero-order valence-electron chi connectivity index (χ0n) is 11.1. The number of nitrogens with zero attached hydrogens (tertiary/aromatic N) is 1. The van der Waals surface area contributed by atoms with Gasteiger partial charge in [-0.15, -0.1) is 0 Å². The lowest BCUT2D eigenvalue weighted by molar-refractivity contribution is -0.142. The summed E-state index contributed by atoms with van der Waals surface area (Å²) in [5.41, 5.74) is 6.47. The number of H-pyrrole nitrogens is 1. The molecule has 0 fully saturated rings. The maximum absolute atomic E-state index is 11.8. The summed E-state index contributed by atoms with van der Waals surface area (Å²) in [4.78, 5) is 29.5. The Kier molecular flexibility index (Phi) is 5.50. The molecule has 0 saturated carbocycles. The molecule has 0 aliphatic carbocycles. The molecule has 0 aromatic carbocycles. The van der Waals surface area contributed by atoms with Gasteiger partial charge in [0, 0.05) is 18.3 Å². The number of hydrogen-bond donors (Lipinski definition) is 4. The van der Waals surface area contributed by atoms with Crippen LogP contribution in [0.4, 0.5) is 0 Å². The Hall–Kier alpha value is -1.89. The second-order valence-corrected chi connectivity index (χ2v) is 4.92. The van der Waals surface area contributed by atoms with E-state index >= 15 is 0 Å². The number of amides is 1. The minimum absolute atomic E-state index is 0.172. The molecule has 1 aromatic heterocycles. The van der Waals surface area contributed by atoms with E-state index in [1.807, 2.05) is 13.8 Å². The van der Waals surface area contributed by atoms with Crippen LogP contribution in [0.2, 0.25) is 0 Å². The summed E-state index contributed by atoms with van der Waals surface area (Å²) in [6.07, 6.45) is 3.74. The lowest BCUT2D eigenvalue weighted by atomic mass is 10.0. The van der Waals surface area contributed by atoms with Crippen LogP contribution in [0.25, 0.3) is 0 Å². The highest BCUT2D eigenvalue weighted by molar-refractivity contribution is 5.86. The molecule has 0 aliphatic heterocycles. The van der Waals surface area contributed by atoms with Gasteiger partial charge < -0.3 is 21.1 Å². The number of aromatic amines is 1. The number of carbonyl (C=O) groups excluding carboxylic acids is 1. The fourth-order valence-electron chi connectivity index (χ4n) is 1.70. The van der Waals surface area contributed by atoms with Gasteiger partial charge in [0.2, 0.25) is 5.91 Å². The highest BCUT2D eigenvalue weighted by atomic mass is 16.4. The molecule has 1 amide bonds. The number of carbonyl (C=O) groups is 2. The molecule has 2 atom stereocenters. The first kappa shape index (κ1) is 15.2. The van der Waals surface area contributed by atoms with Crippen molar-refractivity contribution in [2.24, 2.45) is 11.7 Å². The molecule has 5 N–H and O–H groups in total. The maximum atomic E-state index is 11.8. The number of hydrogen-bond acceptors (Lipinski definition) is 4. The van der Waals surface area contributed by atoms with Gasteiger partial charge in [-0.1, -0.05) is 13.8 Å². The van der Waals surface area contributed by atoms with Crippen LogP contribution in [0.1, 0.15) is 26.0 Å². The van der Waals surface area contributed by atoms with Gasteiger partial charge in [-0.05, 0) is 12.3 Å². The van der Waals surface area contributed by atoms with Gasteiger partial charge in [-0.3, -0.25) is 4.79 Å².